The van der Waals surface area contributed by atoms with Crippen LogP contribution in [0.4, 0.5) is 9.59 Å². The standard InChI is InChI=1S/2C11H13NO3.I2/c2*13-9-6-7-12(8-9)11(14)15-10-4-2-1-3-5-10;1-2/h2*1-5,9,13H,6-8H2;/t2*9-;/m10./s1. The predicted octanol–water partition coefficient (Wildman–Crippen LogP) is 4.28. The Morgan fingerprint density at radius 2 is 1.06 bits per heavy atom. The maximum Gasteiger partial charge on any atom is 0.415 e. The summed E-state index contributed by atoms with van der Waals surface area (Å²) < 4.78 is 10.2. The van der Waals surface area contributed by atoms with Crippen molar-refractivity contribution in [1.82, 2.24) is 9.80 Å². The molecule has 2 aromatic rings. The highest BCUT2D eigenvalue weighted by molar-refractivity contribution is 15.0. The van der Waals surface area contributed by atoms with Crippen molar-refractivity contribution in [2.45, 2.75) is 25.0 Å². The maximum atomic E-state index is 11.6. The molecule has 174 valence electrons. The van der Waals surface area contributed by atoms with Gasteiger partial charge in [0.15, 0.2) is 0 Å². The van der Waals surface area contributed by atoms with Crippen LogP contribution in [-0.4, -0.2) is 70.6 Å². The first-order chi connectivity index (χ1) is 15.5. The number of likely N-dealkylation sites (tertiary alicyclic amines) is 2. The molecule has 4 rings (SSSR count). The molecule has 2 aliphatic rings. The highest BCUT2D eigenvalue weighted by Crippen LogP contribution is 2.15. The van der Waals surface area contributed by atoms with E-state index in [1.165, 1.54) is 9.80 Å². The zero-order valence-electron chi connectivity index (χ0n) is 17.3. The number of ether oxygens (including phenoxy) is 2. The Morgan fingerprint density at radius 1 is 0.719 bits per heavy atom. The molecule has 0 aromatic heterocycles. The van der Waals surface area contributed by atoms with Crippen LogP contribution in [0.3, 0.4) is 0 Å². The van der Waals surface area contributed by atoms with Crippen LogP contribution in [0.5, 0.6) is 11.5 Å². The molecule has 2 heterocycles. The normalized spacial score (nSPS) is 19.2. The van der Waals surface area contributed by atoms with E-state index in [2.05, 4.69) is 37.2 Å². The van der Waals surface area contributed by atoms with Crippen molar-refractivity contribution in [3.63, 3.8) is 0 Å². The monoisotopic (exact) mass is 668 g/mol. The third-order valence-electron chi connectivity index (χ3n) is 4.74. The van der Waals surface area contributed by atoms with E-state index in [0.29, 0.717) is 50.5 Å². The van der Waals surface area contributed by atoms with Crippen LogP contribution in [0.15, 0.2) is 60.7 Å². The van der Waals surface area contributed by atoms with Gasteiger partial charge < -0.3 is 29.5 Å². The summed E-state index contributed by atoms with van der Waals surface area (Å²) >= 11 is 4.24. The Balaban J connectivity index is 0.000000211. The second-order valence-electron chi connectivity index (χ2n) is 7.14. The van der Waals surface area contributed by atoms with E-state index in [4.69, 9.17) is 9.47 Å². The topological polar surface area (TPSA) is 99.5 Å². The summed E-state index contributed by atoms with van der Waals surface area (Å²) in [5, 5.41) is 18.5. The van der Waals surface area contributed by atoms with E-state index in [0.717, 1.165) is 0 Å². The zero-order valence-corrected chi connectivity index (χ0v) is 21.7. The van der Waals surface area contributed by atoms with Gasteiger partial charge in [-0.25, -0.2) is 9.59 Å². The predicted molar refractivity (Wildman–Crippen MR) is 137 cm³/mol. The summed E-state index contributed by atoms with van der Waals surface area (Å²) in [5.74, 6) is 1.06. The molecule has 10 heteroatoms. The molecule has 2 fully saturated rings. The van der Waals surface area contributed by atoms with Gasteiger partial charge in [-0.05, 0) is 37.1 Å². The molecule has 2 atom stereocenters. The number of halogens is 2. The molecule has 0 saturated carbocycles. The highest BCUT2D eigenvalue weighted by atomic mass is 128. The van der Waals surface area contributed by atoms with Gasteiger partial charge in [0.2, 0.25) is 0 Å². The number of rotatable bonds is 2. The Labute approximate surface area is 210 Å². The smallest absolute Gasteiger partial charge is 0.410 e. The van der Waals surface area contributed by atoms with Gasteiger partial charge in [0.1, 0.15) is 11.5 Å². The van der Waals surface area contributed by atoms with Gasteiger partial charge in [0.05, 0.1) is 12.2 Å². The van der Waals surface area contributed by atoms with Crippen LogP contribution < -0.4 is 9.47 Å². The molecule has 2 N–H and O–H groups in total. The molecule has 2 aromatic carbocycles. The van der Waals surface area contributed by atoms with Gasteiger partial charge in [-0.3, -0.25) is 0 Å². The van der Waals surface area contributed by atoms with Crippen LogP contribution >= 0.6 is 37.2 Å². The summed E-state index contributed by atoms with van der Waals surface area (Å²) in [6.45, 7) is 1.86. The lowest BCUT2D eigenvalue weighted by atomic mass is 10.3. The number of β-amino-alcohol motifs (C(OH)–C–C–N with tert-alkyl or cyclic N) is 2. The van der Waals surface area contributed by atoms with Gasteiger partial charge in [0, 0.05) is 63.4 Å². The molecule has 2 saturated heterocycles. The second kappa shape index (κ2) is 14.5. The van der Waals surface area contributed by atoms with Crippen LogP contribution in [0, 0.1) is 0 Å². The van der Waals surface area contributed by atoms with E-state index in [1.807, 2.05) is 12.1 Å². The average molecular weight is 668 g/mol. The van der Waals surface area contributed by atoms with E-state index < -0.39 is 24.4 Å². The second-order valence-corrected chi connectivity index (χ2v) is 7.14. The summed E-state index contributed by atoms with van der Waals surface area (Å²) in [5.41, 5.74) is 0. The summed E-state index contributed by atoms with van der Waals surface area (Å²) in [7, 11) is 0. The van der Waals surface area contributed by atoms with Crippen molar-refractivity contribution >= 4 is 49.4 Å². The number of aliphatic hydroxyl groups excluding tert-OH is 2. The molecule has 0 radical (unpaired) electrons. The van der Waals surface area contributed by atoms with Crippen molar-refractivity contribution in [2.75, 3.05) is 26.2 Å². The van der Waals surface area contributed by atoms with Gasteiger partial charge in [-0.1, -0.05) is 36.4 Å². The minimum Gasteiger partial charge on any atom is -0.410 e. The fourth-order valence-electron chi connectivity index (χ4n) is 3.12. The zero-order chi connectivity index (χ0) is 23.3. The fourth-order valence-corrected chi connectivity index (χ4v) is 3.12. The van der Waals surface area contributed by atoms with Gasteiger partial charge in [-0.15, -0.1) is 0 Å². The van der Waals surface area contributed by atoms with E-state index >= 15 is 0 Å². The average Bonchev–Trinajstić information content (AvgIpc) is 3.45. The minimum absolute atomic E-state index is 0.367. The molecule has 8 nitrogen and oxygen atoms in total. The molecule has 0 unspecified atom stereocenters. The molecule has 32 heavy (non-hydrogen) atoms. The van der Waals surface area contributed by atoms with Crippen LogP contribution in [0.2, 0.25) is 0 Å². The van der Waals surface area contributed by atoms with E-state index in [-0.39, 0.29) is 0 Å². The largest absolute Gasteiger partial charge is 0.415 e. The number of amides is 2. The first kappa shape index (κ1) is 26.6. The third kappa shape index (κ3) is 9.08. The van der Waals surface area contributed by atoms with Crippen LogP contribution in [0.25, 0.3) is 0 Å². The summed E-state index contributed by atoms with van der Waals surface area (Å²) in [4.78, 5) is 26.1. The third-order valence-corrected chi connectivity index (χ3v) is 4.74. The molecular weight excluding hydrogens is 642 g/mol. The van der Waals surface area contributed by atoms with E-state index in [9.17, 15) is 19.8 Å². The SMILES string of the molecule is II.O=C(Oc1ccccc1)N1CC[C@@H](O)C1.O=C(Oc1ccccc1)N1CC[C@H](O)C1. The Hall–Kier alpha value is -1.64. The summed E-state index contributed by atoms with van der Waals surface area (Å²) in [6.07, 6.45) is -0.342. The molecule has 0 spiro atoms. The molecule has 0 aliphatic carbocycles. The van der Waals surface area contributed by atoms with Crippen molar-refractivity contribution < 1.29 is 29.3 Å². The number of para-hydroxylation sites is 2. The lowest BCUT2D eigenvalue weighted by molar-refractivity contribution is 0.145. The molecule has 2 aliphatic heterocycles. The van der Waals surface area contributed by atoms with Gasteiger partial charge in [-0.2, -0.15) is 0 Å². The first-order valence-corrected chi connectivity index (χ1v) is 16.3. The van der Waals surface area contributed by atoms with Gasteiger partial charge in [0.25, 0.3) is 0 Å². The lowest BCUT2D eigenvalue weighted by Crippen LogP contribution is -2.32. The molecule has 0 bridgehead atoms. The van der Waals surface area contributed by atoms with Crippen molar-refractivity contribution in [1.29, 1.82) is 0 Å². The Bertz CT molecular complexity index is 758. The number of hydrogen-bond donors (Lipinski definition) is 2. The lowest BCUT2D eigenvalue weighted by Gasteiger charge is -2.14. The number of aliphatic hydroxyl groups is 2. The quantitative estimate of drug-likeness (QED) is 0.464. The van der Waals surface area contributed by atoms with Crippen molar-refractivity contribution in [3.05, 3.63) is 60.7 Å². The number of hydrogen-bond acceptors (Lipinski definition) is 6. The highest BCUT2D eigenvalue weighted by Gasteiger charge is 2.26. The Kier molecular flexibility index (Phi) is 12.1. The van der Waals surface area contributed by atoms with Gasteiger partial charge >= 0.3 is 12.2 Å². The van der Waals surface area contributed by atoms with Crippen LogP contribution in [-0.2, 0) is 0 Å². The number of carbonyl (C=O) groups excluding carboxylic acids is 2. The van der Waals surface area contributed by atoms with Crippen molar-refractivity contribution in [3.8, 4) is 11.5 Å². The fraction of sp³-hybridized carbons (Fsp3) is 0.364. The Morgan fingerprint density at radius 3 is 1.34 bits per heavy atom. The van der Waals surface area contributed by atoms with Crippen molar-refractivity contribution in [2.24, 2.45) is 0 Å². The summed E-state index contributed by atoms with van der Waals surface area (Å²) in [6, 6.07) is 17.9. The number of carbonyl (C=O) groups is 2. The molecular formula is C22H26I2N2O6. The van der Waals surface area contributed by atoms with E-state index in [1.54, 1.807) is 48.5 Å². The van der Waals surface area contributed by atoms with Crippen LogP contribution in [0.1, 0.15) is 12.8 Å². The maximum absolute atomic E-state index is 11.6. The number of nitrogens with zero attached hydrogens (tertiary/aromatic N) is 2. The minimum atomic E-state index is -0.409. The number of benzene rings is 2. The first-order valence-electron chi connectivity index (χ1n) is 10.1. The molecule has 2 amide bonds.